The number of aryl methyl sites for hydroxylation is 1. The Labute approximate surface area is 223 Å². The summed E-state index contributed by atoms with van der Waals surface area (Å²) in [6, 6.07) is 23.0. The molecule has 0 aromatic heterocycles. The van der Waals surface area contributed by atoms with Crippen molar-refractivity contribution in [2.24, 2.45) is 0 Å². The number of carbonyl (C=O) groups is 1. The summed E-state index contributed by atoms with van der Waals surface area (Å²) in [6.07, 6.45) is 6.06. The van der Waals surface area contributed by atoms with Crippen molar-refractivity contribution >= 4 is 57.3 Å². The van der Waals surface area contributed by atoms with Gasteiger partial charge in [0, 0.05) is 12.1 Å². The first-order valence-corrected chi connectivity index (χ1v) is 12.2. The molecule has 0 radical (unpaired) electrons. The second kappa shape index (κ2) is 14.0. The summed E-state index contributed by atoms with van der Waals surface area (Å²) >= 11 is 0. The number of carboxylic acid groups (broad SMARTS) is 1. The molecule has 0 aliphatic heterocycles. The molecule has 3 aromatic carbocycles. The molecule has 0 aliphatic carbocycles. The van der Waals surface area contributed by atoms with Crippen molar-refractivity contribution in [1.82, 2.24) is 0 Å². The fourth-order valence-corrected chi connectivity index (χ4v) is 4.29. The van der Waals surface area contributed by atoms with Gasteiger partial charge in [0.05, 0.1) is 11.5 Å². The summed E-state index contributed by atoms with van der Waals surface area (Å²) in [5, 5.41) is 8.88. The van der Waals surface area contributed by atoms with Gasteiger partial charge < -0.3 is 9.84 Å². The number of aliphatic carboxylic acids is 1. The SMILES string of the molecule is O=C(O)CCc1ccccc1OCCC/C=C/c1cccc(NS(=O)(=O)c2ccccc2)c1.[NaH]. The molecule has 3 aromatic rings. The molecule has 0 aliphatic rings. The van der Waals surface area contributed by atoms with Crippen LogP contribution < -0.4 is 9.46 Å². The molecular formula is C26H28NNaO5S. The van der Waals surface area contributed by atoms with E-state index in [-0.39, 0.29) is 40.9 Å². The van der Waals surface area contributed by atoms with E-state index in [4.69, 9.17) is 9.84 Å². The van der Waals surface area contributed by atoms with Crippen LogP contribution in [0.2, 0.25) is 0 Å². The van der Waals surface area contributed by atoms with Gasteiger partial charge in [-0.3, -0.25) is 9.52 Å². The number of ether oxygens (including phenoxy) is 1. The van der Waals surface area contributed by atoms with Crippen LogP contribution in [0.4, 0.5) is 5.69 Å². The zero-order valence-corrected chi connectivity index (χ0v) is 19.0. The molecule has 34 heavy (non-hydrogen) atoms. The van der Waals surface area contributed by atoms with Crippen LogP contribution in [0.15, 0.2) is 89.8 Å². The Kier molecular flexibility index (Phi) is 11.4. The van der Waals surface area contributed by atoms with Gasteiger partial charge in [-0.15, -0.1) is 0 Å². The van der Waals surface area contributed by atoms with Crippen LogP contribution in [0, 0.1) is 0 Å². The molecule has 0 heterocycles. The van der Waals surface area contributed by atoms with Crippen molar-refractivity contribution in [3.8, 4) is 5.75 Å². The van der Waals surface area contributed by atoms with Gasteiger partial charge in [0.1, 0.15) is 5.75 Å². The third kappa shape index (κ3) is 8.99. The van der Waals surface area contributed by atoms with E-state index in [1.807, 2.05) is 42.5 Å². The standard InChI is InChI=1S/C26H27NO5S.Na.H/c28-26(29)18-17-22-12-6-7-16-25(22)32-19-8-2-3-10-21-11-9-13-23(20-21)27-33(30,31)24-14-4-1-5-15-24;;/h1,3-7,9-16,20,27H,2,8,17-19H2,(H,28,29);;/b10-3+;;. The van der Waals surface area contributed by atoms with Gasteiger partial charge in [0.15, 0.2) is 0 Å². The summed E-state index contributed by atoms with van der Waals surface area (Å²) in [7, 11) is -3.62. The quantitative estimate of drug-likeness (QED) is 0.284. The number of para-hydroxylation sites is 1. The molecule has 0 saturated heterocycles. The Balaban J connectivity index is 0.00000408. The minimum atomic E-state index is -3.62. The fraction of sp³-hybridized carbons (Fsp3) is 0.192. The molecular weight excluding hydrogens is 461 g/mol. The Morgan fingerprint density at radius 2 is 1.71 bits per heavy atom. The molecule has 0 spiro atoms. The zero-order valence-electron chi connectivity index (χ0n) is 18.2. The average molecular weight is 490 g/mol. The number of anilines is 1. The van der Waals surface area contributed by atoms with Crippen molar-refractivity contribution in [3.63, 3.8) is 0 Å². The van der Waals surface area contributed by atoms with Gasteiger partial charge in [0.2, 0.25) is 0 Å². The first kappa shape index (κ1) is 27.7. The molecule has 6 nitrogen and oxygen atoms in total. The monoisotopic (exact) mass is 489 g/mol. The van der Waals surface area contributed by atoms with E-state index < -0.39 is 16.0 Å². The number of hydrogen-bond donors (Lipinski definition) is 2. The van der Waals surface area contributed by atoms with Crippen LogP contribution >= 0.6 is 0 Å². The predicted molar refractivity (Wildman–Crippen MR) is 137 cm³/mol. The fourth-order valence-electron chi connectivity index (χ4n) is 3.22. The van der Waals surface area contributed by atoms with E-state index in [9.17, 15) is 13.2 Å². The summed E-state index contributed by atoms with van der Waals surface area (Å²) < 4.78 is 33.4. The Morgan fingerprint density at radius 1 is 0.971 bits per heavy atom. The molecule has 174 valence electrons. The number of sulfonamides is 1. The number of unbranched alkanes of at least 4 members (excludes halogenated alkanes) is 1. The number of nitrogens with one attached hydrogen (secondary N) is 1. The summed E-state index contributed by atoms with van der Waals surface area (Å²) in [4.78, 5) is 11.0. The number of carboxylic acids is 1. The molecule has 0 saturated carbocycles. The third-order valence-electron chi connectivity index (χ3n) is 4.86. The van der Waals surface area contributed by atoms with Gasteiger partial charge >= 0.3 is 35.5 Å². The second-order valence-corrected chi connectivity index (χ2v) is 9.12. The maximum absolute atomic E-state index is 12.5. The summed E-state index contributed by atoms with van der Waals surface area (Å²) in [5.74, 6) is -0.104. The van der Waals surface area contributed by atoms with Gasteiger partial charge in [-0.25, -0.2) is 8.42 Å². The van der Waals surface area contributed by atoms with Gasteiger partial charge in [-0.05, 0) is 60.7 Å². The van der Waals surface area contributed by atoms with E-state index in [1.54, 1.807) is 48.5 Å². The molecule has 2 N–H and O–H groups in total. The molecule has 0 unspecified atom stereocenters. The Morgan fingerprint density at radius 3 is 2.47 bits per heavy atom. The van der Waals surface area contributed by atoms with Crippen molar-refractivity contribution in [1.29, 1.82) is 0 Å². The van der Waals surface area contributed by atoms with Crippen LogP contribution in [0.3, 0.4) is 0 Å². The first-order valence-electron chi connectivity index (χ1n) is 10.7. The van der Waals surface area contributed by atoms with Crippen LogP contribution in [0.25, 0.3) is 6.08 Å². The topological polar surface area (TPSA) is 92.7 Å². The van der Waals surface area contributed by atoms with Crippen molar-refractivity contribution in [3.05, 3.63) is 96.1 Å². The number of hydrogen-bond acceptors (Lipinski definition) is 4. The Hall–Kier alpha value is -2.58. The third-order valence-corrected chi connectivity index (χ3v) is 6.25. The van der Waals surface area contributed by atoms with Crippen LogP contribution in [0.5, 0.6) is 5.75 Å². The Bertz CT molecular complexity index is 1200. The number of rotatable bonds is 12. The van der Waals surface area contributed by atoms with E-state index in [1.165, 1.54) is 0 Å². The molecule has 0 atom stereocenters. The van der Waals surface area contributed by atoms with Crippen LogP contribution in [-0.4, -0.2) is 55.7 Å². The zero-order chi connectivity index (χ0) is 23.5. The van der Waals surface area contributed by atoms with Crippen LogP contribution in [-0.2, 0) is 21.2 Å². The second-order valence-electron chi connectivity index (χ2n) is 7.44. The summed E-state index contributed by atoms with van der Waals surface area (Å²) in [5.41, 5.74) is 2.29. The average Bonchev–Trinajstić information content (AvgIpc) is 2.81. The van der Waals surface area contributed by atoms with E-state index in [0.29, 0.717) is 18.7 Å². The van der Waals surface area contributed by atoms with Crippen LogP contribution in [0.1, 0.15) is 30.4 Å². The van der Waals surface area contributed by atoms with E-state index in [2.05, 4.69) is 4.72 Å². The van der Waals surface area contributed by atoms with Crippen molar-refractivity contribution in [2.75, 3.05) is 11.3 Å². The van der Waals surface area contributed by atoms with Crippen molar-refractivity contribution < 1.29 is 23.1 Å². The molecule has 8 heteroatoms. The molecule has 0 amide bonds. The van der Waals surface area contributed by atoms with Crippen molar-refractivity contribution in [2.45, 2.75) is 30.6 Å². The maximum atomic E-state index is 12.5. The normalized spacial score (nSPS) is 11.1. The molecule has 3 rings (SSSR count). The van der Waals surface area contributed by atoms with E-state index >= 15 is 0 Å². The molecule has 0 fully saturated rings. The summed E-state index contributed by atoms with van der Waals surface area (Å²) in [6.45, 7) is 0.519. The predicted octanol–water partition coefficient (Wildman–Crippen LogP) is 4.73. The van der Waals surface area contributed by atoms with Gasteiger partial charge in [0.25, 0.3) is 10.0 Å². The van der Waals surface area contributed by atoms with E-state index in [0.717, 1.165) is 29.7 Å². The minimum absolute atomic E-state index is 0. The van der Waals surface area contributed by atoms with Gasteiger partial charge in [-0.1, -0.05) is 60.7 Å². The number of benzene rings is 3. The van der Waals surface area contributed by atoms with Gasteiger partial charge in [-0.2, -0.15) is 0 Å². The number of allylic oxidation sites excluding steroid dienone is 1. The molecule has 0 bridgehead atoms. The first-order chi connectivity index (χ1) is 15.9.